The van der Waals surface area contributed by atoms with Crippen LogP contribution in [0, 0.1) is 0 Å². The lowest BCUT2D eigenvalue weighted by Gasteiger charge is -2.23. The number of amides is 1. The van der Waals surface area contributed by atoms with Crippen molar-refractivity contribution in [2.24, 2.45) is 0 Å². The van der Waals surface area contributed by atoms with Crippen LogP contribution in [0.2, 0.25) is 0 Å². The zero-order valence-corrected chi connectivity index (χ0v) is 9.73. The van der Waals surface area contributed by atoms with Gasteiger partial charge in [0.15, 0.2) is 0 Å². The van der Waals surface area contributed by atoms with E-state index in [0.717, 1.165) is 12.8 Å². The first kappa shape index (κ1) is 11.9. The van der Waals surface area contributed by atoms with Gasteiger partial charge in [-0.3, -0.25) is 4.79 Å². The summed E-state index contributed by atoms with van der Waals surface area (Å²) in [6, 6.07) is 0. The molecule has 4 heteroatoms. The lowest BCUT2D eigenvalue weighted by Crippen LogP contribution is -2.34. The first-order valence-corrected chi connectivity index (χ1v) is 6.33. The van der Waals surface area contributed by atoms with E-state index in [0.29, 0.717) is 19.5 Å². The number of aliphatic hydroxyl groups is 1. The third kappa shape index (κ3) is 3.19. The molecular formula is C12H21NO3. The predicted octanol–water partition coefficient (Wildman–Crippen LogP) is 0.929. The van der Waals surface area contributed by atoms with E-state index in [4.69, 9.17) is 4.74 Å². The number of ether oxygens (including phenoxy) is 1. The van der Waals surface area contributed by atoms with Crippen molar-refractivity contribution in [2.45, 2.75) is 50.7 Å². The predicted molar refractivity (Wildman–Crippen MR) is 60.0 cm³/mol. The van der Waals surface area contributed by atoms with Gasteiger partial charge in [-0.1, -0.05) is 19.3 Å². The summed E-state index contributed by atoms with van der Waals surface area (Å²) < 4.78 is 5.62. The fraction of sp³-hybridized carbons (Fsp3) is 0.917. The highest BCUT2D eigenvalue weighted by atomic mass is 16.5. The maximum atomic E-state index is 11.7. The van der Waals surface area contributed by atoms with Crippen molar-refractivity contribution < 1.29 is 14.6 Å². The molecule has 1 saturated heterocycles. The molecule has 4 nitrogen and oxygen atoms in total. The number of rotatable bonds is 3. The van der Waals surface area contributed by atoms with Crippen molar-refractivity contribution in [2.75, 3.05) is 19.7 Å². The van der Waals surface area contributed by atoms with Crippen LogP contribution in [-0.2, 0) is 9.53 Å². The van der Waals surface area contributed by atoms with Crippen LogP contribution in [0.3, 0.4) is 0 Å². The fourth-order valence-corrected chi connectivity index (χ4v) is 2.48. The molecule has 0 aromatic carbocycles. The third-order valence-corrected chi connectivity index (χ3v) is 3.51. The van der Waals surface area contributed by atoms with Crippen molar-refractivity contribution in [3.8, 4) is 0 Å². The summed E-state index contributed by atoms with van der Waals surface area (Å²) in [4.78, 5) is 13.4. The Balaban J connectivity index is 1.67. The van der Waals surface area contributed by atoms with Gasteiger partial charge in [0.05, 0.1) is 12.2 Å². The molecule has 0 radical (unpaired) electrons. The van der Waals surface area contributed by atoms with Gasteiger partial charge in [-0.05, 0) is 19.3 Å². The quantitative estimate of drug-likeness (QED) is 0.780. The van der Waals surface area contributed by atoms with Gasteiger partial charge in [0.25, 0.3) is 0 Å². The van der Waals surface area contributed by atoms with Crippen LogP contribution >= 0.6 is 0 Å². The van der Waals surface area contributed by atoms with Gasteiger partial charge in [0.1, 0.15) is 6.61 Å². The summed E-state index contributed by atoms with van der Waals surface area (Å²) in [7, 11) is 0. The van der Waals surface area contributed by atoms with Crippen molar-refractivity contribution in [1.29, 1.82) is 0 Å². The van der Waals surface area contributed by atoms with Crippen molar-refractivity contribution in [3.05, 3.63) is 0 Å². The SMILES string of the molecule is O=C(COC1CCCCC1)N1CC[C@@H](O)C1. The standard InChI is InChI=1S/C12H21NO3/c14-10-6-7-13(8-10)12(15)9-16-11-4-2-1-3-5-11/h10-11,14H,1-9H2/t10-/m1/s1. The van der Waals surface area contributed by atoms with Crippen molar-refractivity contribution in [3.63, 3.8) is 0 Å². The monoisotopic (exact) mass is 227 g/mol. The van der Waals surface area contributed by atoms with Crippen molar-refractivity contribution in [1.82, 2.24) is 4.90 Å². The second-order valence-electron chi connectivity index (χ2n) is 4.85. The van der Waals surface area contributed by atoms with Gasteiger partial charge >= 0.3 is 0 Å². The van der Waals surface area contributed by atoms with E-state index in [1.54, 1.807) is 4.90 Å². The molecule has 2 rings (SSSR count). The number of likely N-dealkylation sites (tertiary alicyclic amines) is 1. The number of β-amino-alcohol motifs (C(OH)–C–C–N with tert-alkyl or cyclic N) is 1. The molecule has 2 fully saturated rings. The summed E-state index contributed by atoms with van der Waals surface area (Å²) in [6.07, 6.45) is 6.58. The number of nitrogens with zero attached hydrogens (tertiary/aromatic N) is 1. The number of carbonyl (C=O) groups is 1. The van der Waals surface area contributed by atoms with E-state index in [1.165, 1.54) is 19.3 Å². The first-order chi connectivity index (χ1) is 7.75. The molecule has 1 N–H and O–H groups in total. The molecule has 2 aliphatic rings. The topological polar surface area (TPSA) is 49.8 Å². The average molecular weight is 227 g/mol. The Morgan fingerprint density at radius 2 is 2.00 bits per heavy atom. The second-order valence-corrected chi connectivity index (χ2v) is 4.85. The molecule has 0 aromatic heterocycles. The summed E-state index contributed by atoms with van der Waals surface area (Å²) in [5.41, 5.74) is 0. The van der Waals surface area contributed by atoms with Crippen LogP contribution in [-0.4, -0.2) is 47.8 Å². The van der Waals surface area contributed by atoms with Crippen LogP contribution < -0.4 is 0 Å². The first-order valence-electron chi connectivity index (χ1n) is 6.33. The molecule has 1 amide bonds. The minimum Gasteiger partial charge on any atom is -0.391 e. The normalized spacial score (nSPS) is 27.3. The largest absolute Gasteiger partial charge is 0.391 e. The minimum absolute atomic E-state index is 0.0297. The van der Waals surface area contributed by atoms with Crippen LogP contribution in [0.4, 0.5) is 0 Å². The molecule has 1 aliphatic carbocycles. The molecule has 0 bridgehead atoms. The Morgan fingerprint density at radius 3 is 2.62 bits per heavy atom. The lowest BCUT2D eigenvalue weighted by atomic mass is 9.98. The molecule has 1 saturated carbocycles. The summed E-state index contributed by atoms with van der Waals surface area (Å²) >= 11 is 0. The minimum atomic E-state index is -0.335. The van der Waals surface area contributed by atoms with E-state index in [2.05, 4.69) is 0 Å². The molecular weight excluding hydrogens is 206 g/mol. The van der Waals surface area contributed by atoms with Gasteiger partial charge in [-0.25, -0.2) is 0 Å². The third-order valence-electron chi connectivity index (χ3n) is 3.51. The number of hydrogen-bond acceptors (Lipinski definition) is 3. The highest BCUT2D eigenvalue weighted by Gasteiger charge is 2.25. The molecule has 92 valence electrons. The van der Waals surface area contributed by atoms with E-state index in [9.17, 15) is 9.90 Å². The highest BCUT2D eigenvalue weighted by Crippen LogP contribution is 2.20. The molecule has 0 spiro atoms. The van der Waals surface area contributed by atoms with Crippen LogP contribution in [0.15, 0.2) is 0 Å². The van der Waals surface area contributed by atoms with Crippen molar-refractivity contribution >= 4 is 5.91 Å². The maximum absolute atomic E-state index is 11.7. The molecule has 1 heterocycles. The molecule has 0 aromatic rings. The molecule has 16 heavy (non-hydrogen) atoms. The van der Waals surface area contributed by atoms with Gasteiger partial charge in [0, 0.05) is 13.1 Å². The smallest absolute Gasteiger partial charge is 0.248 e. The van der Waals surface area contributed by atoms with E-state index >= 15 is 0 Å². The van der Waals surface area contributed by atoms with Gasteiger partial charge in [-0.15, -0.1) is 0 Å². The van der Waals surface area contributed by atoms with Gasteiger partial charge < -0.3 is 14.7 Å². The summed E-state index contributed by atoms with van der Waals surface area (Å²) in [6.45, 7) is 1.35. The zero-order valence-electron chi connectivity index (χ0n) is 9.73. The molecule has 1 atom stereocenters. The number of aliphatic hydroxyl groups excluding tert-OH is 1. The molecule has 0 unspecified atom stereocenters. The maximum Gasteiger partial charge on any atom is 0.248 e. The van der Waals surface area contributed by atoms with Gasteiger partial charge in [0.2, 0.25) is 5.91 Å². The Kier molecular flexibility index (Phi) is 4.18. The average Bonchev–Trinajstić information content (AvgIpc) is 2.74. The second kappa shape index (κ2) is 5.64. The van der Waals surface area contributed by atoms with Crippen LogP contribution in [0.25, 0.3) is 0 Å². The van der Waals surface area contributed by atoms with Crippen LogP contribution in [0.1, 0.15) is 38.5 Å². The van der Waals surface area contributed by atoms with Crippen LogP contribution in [0.5, 0.6) is 0 Å². The van der Waals surface area contributed by atoms with E-state index in [1.807, 2.05) is 0 Å². The lowest BCUT2D eigenvalue weighted by molar-refractivity contribution is -0.138. The number of carbonyl (C=O) groups excluding carboxylic acids is 1. The highest BCUT2D eigenvalue weighted by molar-refractivity contribution is 5.77. The van der Waals surface area contributed by atoms with Gasteiger partial charge in [-0.2, -0.15) is 0 Å². The zero-order chi connectivity index (χ0) is 11.4. The molecule has 1 aliphatic heterocycles. The Labute approximate surface area is 96.6 Å². The summed E-state index contributed by atoms with van der Waals surface area (Å²) in [5, 5.41) is 9.33. The number of hydrogen-bond donors (Lipinski definition) is 1. The van der Waals surface area contributed by atoms with E-state index in [-0.39, 0.29) is 24.7 Å². The van der Waals surface area contributed by atoms with E-state index < -0.39 is 0 Å². The summed E-state index contributed by atoms with van der Waals surface area (Å²) in [5.74, 6) is 0.0297. The Morgan fingerprint density at radius 1 is 1.25 bits per heavy atom. The Bertz CT molecular complexity index is 238. The Hall–Kier alpha value is -0.610. The fourth-order valence-electron chi connectivity index (χ4n) is 2.48.